The molecule has 0 unspecified atom stereocenters. The molecule has 0 spiro atoms. The molecule has 0 aliphatic heterocycles. The molecule has 0 radical (unpaired) electrons. The van der Waals surface area contributed by atoms with Gasteiger partial charge in [-0.25, -0.2) is 4.99 Å². The molecule has 9 heteroatoms. The van der Waals surface area contributed by atoms with Crippen molar-refractivity contribution in [2.75, 3.05) is 20.7 Å². The maximum atomic E-state index is 12.4. The maximum absolute atomic E-state index is 12.4. The molecular weight excluding hydrogens is 518 g/mol. The number of aldehydes is 1. The maximum Gasteiger partial charge on any atom is 0.239 e. The molecule has 2 aromatic carbocycles. The van der Waals surface area contributed by atoms with Crippen molar-refractivity contribution in [3.05, 3.63) is 70.9 Å². The average Bonchev–Trinajstić information content (AvgIpc) is 2.93. The number of hydrogen-bond donors (Lipinski definition) is 2. The van der Waals surface area contributed by atoms with Crippen LogP contribution in [0.4, 0.5) is 0 Å². The predicted molar refractivity (Wildman–Crippen MR) is 165 cm³/mol. The van der Waals surface area contributed by atoms with E-state index in [0.29, 0.717) is 36.5 Å². The zero-order valence-electron chi connectivity index (χ0n) is 25.3. The molecular formula is C32H43N5O4. The Morgan fingerprint density at radius 2 is 1.76 bits per heavy atom. The fourth-order valence-electron chi connectivity index (χ4n) is 4.18. The Labute approximate surface area is 243 Å². The highest BCUT2D eigenvalue weighted by atomic mass is 16.6. The number of oxime groups is 1. The van der Waals surface area contributed by atoms with Gasteiger partial charge in [-0.3, -0.25) is 14.4 Å². The standard InChI is InChI=1S/C32H43N5O4/c1-8-9-14-29(34-23(2)37(6)20-30(40)35-32(3,4)5)26(21-38)19-24-15-17-25(18-16-24)27-12-10-11-13-28(27)31(33-22-39)36-41-7/h10-13,15-18,21-22H,8-9,14,19-20H2,1-7H3,(H,35,40)(H,33,36,39)/b29-26-,34-23?. The number of carbonyl (C=O) groups excluding carboxylic acids is 3. The van der Waals surface area contributed by atoms with Crippen LogP contribution in [0.1, 0.15) is 65.0 Å². The Morgan fingerprint density at radius 1 is 1.07 bits per heavy atom. The molecule has 2 amide bonds. The highest BCUT2D eigenvalue weighted by Gasteiger charge is 2.17. The Bertz CT molecular complexity index is 1270. The van der Waals surface area contributed by atoms with Crippen molar-refractivity contribution >= 4 is 30.3 Å². The van der Waals surface area contributed by atoms with Crippen LogP contribution in [0.3, 0.4) is 0 Å². The molecule has 0 aliphatic rings. The van der Waals surface area contributed by atoms with E-state index in [2.05, 4.69) is 22.7 Å². The lowest BCUT2D eigenvalue weighted by molar-refractivity contribution is -0.122. The van der Waals surface area contributed by atoms with Crippen LogP contribution >= 0.6 is 0 Å². The molecule has 0 heterocycles. The lowest BCUT2D eigenvalue weighted by atomic mass is 9.96. The fraction of sp³-hybridized carbons (Fsp3) is 0.406. The van der Waals surface area contributed by atoms with E-state index in [1.165, 1.54) is 7.11 Å². The molecule has 2 rings (SSSR count). The highest BCUT2D eigenvalue weighted by Crippen LogP contribution is 2.26. The molecule has 0 bridgehead atoms. The summed E-state index contributed by atoms with van der Waals surface area (Å²) in [7, 11) is 3.24. The highest BCUT2D eigenvalue weighted by molar-refractivity contribution is 6.08. The Balaban J connectivity index is 2.35. The molecule has 0 saturated carbocycles. The van der Waals surface area contributed by atoms with Gasteiger partial charge >= 0.3 is 0 Å². The molecule has 41 heavy (non-hydrogen) atoms. The summed E-state index contributed by atoms with van der Waals surface area (Å²) in [6.45, 7) is 9.95. The Morgan fingerprint density at radius 3 is 2.34 bits per heavy atom. The topological polar surface area (TPSA) is 112 Å². The van der Waals surface area contributed by atoms with Gasteiger partial charge in [-0.2, -0.15) is 0 Å². The number of benzene rings is 2. The van der Waals surface area contributed by atoms with Gasteiger partial charge in [-0.1, -0.05) is 67.0 Å². The van der Waals surface area contributed by atoms with Crippen LogP contribution in [0, 0.1) is 0 Å². The van der Waals surface area contributed by atoms with Crippen LogP contribution in [0.2, 0.25) is 0 Å². The normalized spacial score (nSPS) is 12.8. The zero-order chi connectivity index (χ0) is 30.4. The van der Waals surface area contributed by atoms with Crippen LogP contribution in [-0.2, 0) is 25.6 Å². The molecule has 0 fully saturated rings. The molecule has 0 aromatic heterocycles. The minimum Gasteiger partial charge on any atom is -0.397 e. The smallest absolute Gasteiger partial charge is 0.239 e. The van der Waals surface area contributed by atoms with E-state index >= 15 is 0 Å². The number of allylic oxidation sites excluding steroid dienone is 2. The zero-order valence-corrected chi connectivity index (χ0v) is 25.3. The van der Waals surface area contributed by atoms with E-state index in [1.54, 1.807) is 4.90 Å². The fourth-order valence-corrected chi connectivity index (χ4v) is 4.18. The number of nitrogens with zero attached hydrogens (tertiary/aromatic N) is 3. The van der Waals surface area contributed by atoms with Crippen molar-refractivity contribution in [2.24, 2.45) is 10.1 Å². The first-order valence-electron chi connectivity index (χ1n) is 13.8. The average molecular weight is 562 g/mol. The van der Waals surface area contributed by atoms with E-state index in [0.717, 1.165) is 47.1 Å². The van der Waals surface area contributed by atoms with Crippen molar-refractivity contribution in [3.8, 4) is 11.1 Å². The van der Waals surface area contributed by atoms with Gasteiger partial charge < -0.3 is 20.4 Å². The summed E-state index contributed by atoms with van der Waals surface area (Å²) in [5.41, 5.74) is 4.51. The summed E-state index contributed by atoms with van der Waals surface area (Å²) in [4.78, 5) is 47.3. The van der Waals surface area contributed by atoms with Crippen LogP contribution < -0.4 is 10.6 Å². The van der Waals surface area contributed by atoms with Crippen molar-refractivity contribution in [1.29, 1.82) is 0 Å². The third-order valence-electron chi connectivity index (χ3n) is 6.24. The Hall–Kier alpha value is -4.27. The van der Waals surface area contributed by atoms with Crippen LogP contribution in [0.25, 0.3) is 11.1 Å². The monoisotopic (exact) mass is 561 g/mol. The van der Waals surface area contributed by atoms with Crippen molar-refractivity contribution in [1.82, 2.24) is 15.5 Å². The number of carbonyl (C=O) groups is 3. The van der Waals surface area contributed by atoms with Crippen LogP contribution in [0.5, 0.6) is 0 Å². The first-order chi connectivity index (χ1) is 19.5. The van der Waals surface area contributed by atoms with Gasteiger partial charge in [-0.05, 0) is 57.2 Å². The largest absolute Gasteiger partial charge is 0.397 e. The third kappa shape index (κ3) is 10.7. The van der Waals surface area contributed by atoms with Gasteiger partial charge in [0.2, 0.25) is 12.3 Å². The number of likely N-dealkylation sites (N-methyl/N-ethyl adjacent to an activating group) is 1. The summed E-state index contributed by atoms with van der Waals surface area (Å²) < 4.78 is 0. The minimum atomic E-state index is -0.316. The van der Waals surface area contributed by atoms with Gasteiger partial charge in [-0.15, -0.1) is 0 Å². The summed E-state index contributed by atoms with van der Waals surface area (Å²) in [5.74, 6) is 0.889. The Kier molecular flexibility index (Phi) is 12.9. The summed E-state index contributed by atoms with van der Waals surface area (Å²) in [6, 6.07) is 15.5. The second-order valence-corrected chi connectivity index (χ2v) is 10.8. The van der Waals surface area contributed by atoms with Crippen LogP contribution in [0.15, 0.2) is 69.9 Å². The quantitative estimate of drug-likeness (QED) is 0.119. The van der Waals surface area contributed by atoms with Crippen molar-refractivity contribution in [3.63, 3.8) is 0 Å². The van der Waals surface area contributed by atoms with Gasteiger partial charge in [0, 0.05) is 35.8 Å². The number of rotatable bonds is 13. The third-order valence-corrected chi connectivity index (χ3v) is 6.24. The molecule has 220 valence electrons. The van der Waals surface area contributed by atoms with E-state index in [-0.39, 0.29) is 18.0 Å². The van der Waals surface area contributed by atoms with Gasteiger partial charge in [0.1, 0.15) is 19.2 Å². The lowest BCUT2D eigenvalue weighted by Gasteiger charge is -2.24. The van der Waals surface area contributed by atoms with Crippen molar-refractivity contribution < 1.29 is 19.2 Å². The van der Waals surface area contributed by atoms with Crippen LogP contribution in [-0.4, -0.2) is 61.4 Å². The first kappa shape index (κ1) is 32.9. The van der Waals surface area contributed by atoms with E-state index in [4.69, 9.17) is 9.83 Å². The number of amidine groups is 2. The summed E-state index contributed by atoms with van der Waals surface area (Å²) in [5, 5.41) is 9.49. The van der Waals surface area contributed by atoms with Gasteiger partial charge in [0.25, 0.3) is 0 Å². The molecule has 9 nitrogen and oxygen atoms in total. The number of aliphatic imine (C=N–C) groups is 1. The van der Waals surface area contributed by atoms with E-state index < -0.39 is 0 Å². The molecule has 0 aliphatic carbocycles. The first-order valence-corrected chi connectivity index (χ1v) is 13.8. The summed E-state index contributed by atoms with van der Waals surface area (Å²) in [6.07, 6.45) is 4.40. The van der Waals surface area contributed by atoms with Crippen molar-refractivity contribution in [2.45, 2.75) is 65.8 Å². The van der Waals surface area contributed by atoms with Gasteiger partial charge in [0.15, 0.2) is 5.84 Å². The minimum absolute atomic E-state index is 0.0894. The number of nitrogens with one attached hydrogen (secondary N) is 2. The second kappa shape index (κ2) is 16.1. The van der Waals surface area contributed by atoms with E-state index in [1.807, 2.05) is 83.3 Å². The van der Waals surface area contributed by atoms with E-state index in [9.17, 15) is 14.4 Å². The summed E-state index contributed by atoms with van der Waals surface area (Å²) >= 11 is 0. The second-order valence-electron chi connectivity index (χ2n) is 10.8. The molecule has 2 aromatic rings. The lowest BCUT2D eigenvalue weighted by Crippen LogP contribution is -2.46. The van der Waals surface area contributed by atoms with Gasteiger partial charge in [0.05, 0.1) is 6.54 Å². The number of unbranched alkanes of at least 4 members (excludes halogenated alkanes) is 1. The molecule has 2 N–H and O–H groups in total. The predicted octanol–water partition coefficient (Wildman–Crippen LogP) is 4.86. The molecule has 0 saturated heterocycles. The molecule has 0 atom stereocenters. The SMILES string of the molecule is CCCC/C(N=C(C)N(C)CC(=O)NC(C)(C)C)=C(/C=O)Cc1ccc(-c2ccccc2/C(=N/OC)NC=O)cc1. The number of hydrogen-bond acceptors (Lipinski definition) is 6. The number of amides is 2.